The van der Waals surface area contributed by atoms with Crippen molar-refractivity contribution in [3.8, 4) is 33.4 Å². The fourth-order valence-electron chi connectivity index (χ4n) is 15.7. The number of fused-ring (bicyclic) bond motifs is 12. The van der Waals surface area contributed by atoms with Crippen LogP contribution in [-0.4, -0.2) is 0 Å². The summed E-state index contributed by atoms with van der Waals surface area (Å²) >= 11 is 1.88. The van der Waals surface area contributed by atoms with E-state index in [0.29, 0.717) is 17.8 Å². The van der Waals surface area contributed by atoms with Crippen molar-refractivity contribution in [1.29, 1.82) is 0 Å². The topological polar surface area (TPSA) is 3.24 Å². The molecule has 6 atom stereocenters. The molecule has 2 spiro atoms. The molecule has 15 rings (SSSR count). The normalized spacial score (nSPS) is 23.2. The van der Waals surface area contributed by atoms with Crippen molar-refractivity contribution in [2.24, 2.45) is 23.7 Å². The maximum absolute atomic E-state index is 2.68. The van der Waals surface area contributed by atoms with Crippen LogP contribution in [0, 0.1) is 23.7 Å². The number of rotatable bonds is 5. The molecule has 2 bridgehead atoms. The second kappa shape index (κ2) is 14.5. The van der Waals surface area contributed by atoms with Crippen LogP contribution in [0.2, 0.25) is 0 Å². The molecule has 9 aromatic carbocycles. The third-order valence-corrected chi connectivity index (χ3v) is 18.9. The summed E-state index contributed by atoms with van der Waals surface area (Å²) in [6.45, 7) is 2.54. The van der Waals surface area contributed by atoms with Crippen LogP contribution in [0.15, 0.2) is 212 Å². The van der Waals surface area contributed by atoms with Crippen molar-refractivity contribution in [1.82, 2.24) is 0 Å². The van der Waals surface area contributed by atoms with Gasteiger partial charge in [0.25, 0.3) is 0 Å². The van der Waals surface area contributed by atoms with Crippen LogP contribution in [-0.2, 0) is 10.8 Å². The summed E-state index contributed by atoms with van der Waals surface area (Å²) in [5, 5.41) is 2.68. The predicted molar refractivity (Wildman–Crippen MR) is 285 cm³/mol. The minimum Gasteiger partial charge on any atom is -0.310 e. The molecule has 2 heteroatoms. The summed E-state index contributed by atoms with van der Waals surface area (Å²) in [5.74, 6) is 3.38. The zero-order chi connectivity index (χ0) is 44.7. The SMILES string of the molecule is CC1C[C@@H]2CC3C[C@H](C1)C21c2ccc(N(c4ccccc4)c4ccc(-c5ccccc5-c5cccc6sc7ccccc7c56)cc4)cc2C2(c4ccccc4-c4ccccc42)c2ccccc2C31. The van der Waals surface area contributed by atoms with E-state index in [1.165, 1.54) is 107 Å². The summed E-state index contributed by atoms with van der Waals surface area (Å²) in [5.41, 5.74) is 20.0. The van der Waals surface area contributed by atoms with Crippen LogP contribution in [0.1, 0.15) is 71.9 Å². The van der Waals surface area contributed by atoms with Gasteiger partial charge in [0.2, 0.25) is 0 Å². The summed E-state index contributed by atoms with van der Waals surface area (Å²) in [6, 6.07) is 81.6. The van der Waals surface area contributed by atoms with Crippen LogP contribution >= 0.6 is 11.3 Å². The van der Waals surface area contributed by atoms with E-state index >= 15 is 0 Å². The molecule has 0 radical (unpaired) electrons. The summed E-state index contributed by atoms with van der Waals surface area (Å²) in [4.78, 5) is 2.52. The molecular formula is C66H51NS. The van der Waals surface area contributed by atoms with E-state index < -0.39 is 5.41 Å². The van der Waals surface area contributed by atoms with E-state index in [9.17, 15) is 0 Å². The number of thiophene rings is 1. The van der Waals surface area contributed by atoms with Crippen LogP contribution in [0.5, 0.6) is 0 Å². The zero-order valence-corrected chi connectivity index (χ0v) is 39.1. The minimum atomic E-state index is -0.458. The zero-order valence-electron chi connectivity index (χ0n) is 38.3. The highest BCUT2D eigenvalue weighted by Gasteiger charge is 2.70. The Kier molecular flexibility index (Phi) is 8.33. The molecule has 1 heterocycles. The first kappa shape index (κ1) is 39.0. The van der Waals surface area contributed by atoms with E-state index in [1.807, 2.05) is 11.3 Å². The van der Waals surface area contributed by atoms with Gasteiger partial charge in [-0.2, -0.15) is 0 Å². The van der Waals surface area contributed by atoms with Gasteiger partial charge in [-0.15, -0.1) is 11.3 Å². The van der Waals surface area contributed by atoms with Gasteiger partial charge in [0.1, 0.15) is 0 Å². The van der Waals surface area contributed by atoms with Gasteiger partial charge in [0.05, 0.1) is 5.41 Å². The van der Waals surface area contributed by atoms with Crippen molar-refractivity contribution < 1.29 is 0 Å². The Morgan fingerprint density at radius 3 is 1.75 bits per heavy atom. The molecular weight excluding hydrogens is 839 g/mol. The number of nitrogens with zero attached hydrogens (tertiary/aromatic N) is 1. The Bertz CT molecular complexity index is 3590. The van der Waals surface area contributed by atoms with Gasteiger partial charge in [0, 0.05) is 42.6 Å². The Labute approximate surface area is 403 Å². The lowest BCUT2D eigenvalue weighted by Crippen LogP contribution is -2.46. The first-order valence-corrected chi connectivity index (χ1v) is 25.8. The fraction of sp³-hybridized carbons (Fsp3) is 0.182. The van der Waals surface area contributed by atoms with E-state index in [2.05, 4.69) is 224 Å². The van der Waals surface area contributed by atoms with E-state index in [4.69, 9.17) is 0 Å². The molecule has 3 fully saturated rings. The van der Waals surface area contributed by atoms with Crippen LogP contribution in [0.25, 0.3) is 53.6 Å². The Hall–Kier alpha value is -7.00. The van der Waals surface area contributed by atoms with Gasteiger partial charge >= 0.3 is 0 Å². The Morgan fingerprint density at radius 2 is 1.00 bits per heavy atom. The van der Waals surface area contributed by atoms with Gasteiger partial charge < -0.3 is 4.90 Å². The van der Waals surface area contributed by atoms with Gasteiger partial charge in [-0.3, -0.25) is 0 Å². The average molecular weight is 890 g/mol. The van der Waals surface area contributed by atoms with Crippen molar-refractivity contribution in [3.05, 3.63) is 246 Å². The number of para-hydroxylation sites is 1. The van der Waals surface area contributed by atoms with Gasteiger partial charge in [0.15, 0.2) is 0 Å². The lowest BCUT2D eigenvalue weighted by Gasteiger charge is -2.51. The minimum absolute atomic E-state index is 0.114. The standard InChI is InChI=1S/C66H51NS/c1-41-36-44-38-43-39-45(37-41)65(44)59-35-34-48(40-60(59)66(58-27-13-9-22-54(58)64(43)65)56-25-11-7-20-51(56)52-21-8-12-26-57(52)66)67(46-16-3-2-4-17-46)47-32-30-42(31-33-47)49-18-5-6-19-50(49)53-24-15-29-62-63(53)55-23-10-14-28-61(55)68-62/h2-35,40-41,43-45,64H,36-39H2,1H3/t41?,43?,44-,45+,64?,65?. The third-order valence-electron chi connectivity index (χ3n) is 17.7. The van der Waals surface area contributed by atoms with Crippen molar-refractivity contribution in [2.75, 3.05) is 4.90 Å². The number of benzene rings is 9. The molecule has 10 aromatic rings. The molecule has 1 aromatic heterocycles. The molecule has 68 heavy (non-hydrogen) atoms. The maximum Gasteiger partial charge on any atom is 0.0719 e. The summed E-state index contributed by atoms with van der Waals surface area (Å²) in [6.07, 6.45) is 5.37. The lowest BCUT2D eigenvalue weighted by atomic mass is 9.53. The van der Waals surface area contributed by atoms with Crippen molar-refractivity contribution >= 4 is 48.6 Å². The molecule has 0 N–H and O–H groups in total. The second-order valence-corrected chi connectivity index (χ2v) is 21.9. The summed E-state index contributed by atoms with van der Waals surface area (Å²) in [7, 11) is 0. The largest absolute Gasteiger partial charge is 0.310 e. The third kappa shape index (κ3) is 5.11. The molecule has 5 aliphatic carbocycles. The molecule has 3 saturated carbocycles. The van der Waals surface area contributed by atoms with E-state index in [-0.39, 0.29) is 5.41 Å². The van der Waals surface area contributed by atoms with E-state index in [1.54, 1.807) is 11.1 Å². The molecule has 0 amide bonds. The molecule has 0 aliphatic heterocycles. The molecule has 326 valence electrons. The quantitative estimate of drug-likeness (QED) is 0.166. The molecule has 1 nitrogen and oxygen atoms in total. The highest BCUT2D eigenvalue weighted by Crippen LogP contribution is 2.77. The highest BCUT2D eigenvalue weighted by molar-refractivity contribution is 7.25. The second-order valence-electron chi connectivity index (χ2n) is 20.8. The van der Waals surface area contributed by atoms with Crippen LogP contribution in [0.4, 0.5) is 17.1 Å². The first-order chi connectivity index (χ1) is 33.6. The molecule has 4 unspecified atom stereocenters. The average Bonchev–Trinajstić information content (AvgIpc) is 4.10. The van der Waals surface area contributed by atoms with Gasteiger partial charge in [-0.1, -0.05) is 171 Å². The number of anilines is 3. The smallest absolute Gasteiger partial charge is 0.0719 e. The summed E-state index contributed by atoms with van der Waals surface area (Å²) < 4.78 is 2.66. The number of hydrogen-bond donors (Lipinski definition) is 0. The van der Waals surface area contributed by atoms with Gasteiger partial charge in [-0.05, 0) is 171 Å². The lowest BCUT2D eigenvalue weighted by molar-refractivity contribution is 0.0823. The Morgan fingerprint density at radius 1 is 0.426 bits per heavy atom. The molecule has 0 saturated heterocycles. The van der Waals surface area contributed by atoms with Gasteiger partial charge in [-0.25, -0.2) is 0 Å². The van der Waals surface area contributed by atoms with Crippen LogP contribution < -0.4 is 4.90 Å². The predicted octanol–water partition coefficient (Wildman–Crippen LogP) is 17.6. The van der Waals surface area contributed by atoms with E-state index in [0.717, 1.165) is 23.2 Å². The fourth-order valence-corrected chi connectivity index (χ4v) is 16.8. The maximum atomic E-state index is 2.68. The number of hydrogen-bond acceptors (Lipinski definition) is 2. The van der Waals surface area contributed by atoms with Crippen LogP contribution in [0.3, 0.4) is 0 Å². The van der Waals surface area contributed by atoms with Crippen molar-refractivity contribution in [2.45, 2.75) is 49.4 Å². The first-order valence-electron chi connectivity index (χ1n) is 25.0. The monoisotopic (exact) mass is 889 g/mol. The molecule has 5 aliphatic rings. The highest BCUT2D eigenvalue weighted by atomic mass is 32.1. The Balaban J connectivity index is 0.952. The van der Waals surface area contributed by atoms with Crippen molar-refractivity contribution in [3.63, 3.8) is 0 Å².